The summed E-state index contributed by atoms with van der Waals surface area (Å²) < 4.78 is 18.2. The van der Waals surface area contributed by atoms with E-state index in [-0.39, 0.29) is 31.3 Å². The number of carbonyl (C=O) groups excluding carboxylic acids is 1. The number of benzene rings is 4. The molecular formula is C32H30NO6P. The number of alkyl carbamates (subject to hydrolysis) is 1. The Kier molecular flexibility index (Phi) is 8.15. The number of carboxylic acids is 1. The van der Waals surface area contributed by atoms with Crippen LogP contribution >= 0.6 is 7.37 Å². The van der Waals surface area contributed by atoms with Gasteiger partial charge in [0.2, 0.25) is 7.37 Å². The van der Waals surface area contributed by atoms with Gasteiger partial charge in [-0.05, 0) is 38.9 Å². The highest BCUT2D eigenvalue weighted by molar-refractivity contribution is 7.56. The summed E-state index contributed by atoms with van der Waals surface area (Å²) >= 11 is 0. The minimum absolute atomic E-state index is 0.0164. The number of nitrogens with one attached hydrogen (secondary N) is 1. The molecule has 8 heteroatoms. The van der Waals surface area contributed by atoms with Gasteiger partial charge in [0.05, 0.1) is 0 Å². The smallest absolute Gasteiger partial charge is 0.407 e. The maximum Gasteiger partial charge on any atom is 0.407 e. The van der Waals surface area contributed by atoms with Crippen molar-refractivity contribution in [2.75, 3.05) is 6.61 Å². The fourth-order valence-corrected chi connectivity index (χ4v) is 6.88. The number of fused-ring (bicyclic) bond motifs is 3. The van der Waals surface area contributed by atoms with Crippen molar-refractivity contribution in [1.82, 2.24) is 5.32 Å². The quantitative estimate of drug-likeness (QED) is 0.201. The zero-order valence-corrected chi connectivity index (χ0v) is 22.7. The number of amides is 1. The Morgan fingerprint density at radius 3 is 1.82 bits per heavy atom. The number of aliphatic carboxylic acids is 1. The van der Waals surface area contributed by atoms with Crippen LogP contribution in [0.3, 0.4) is 0 Å². The van der Waals surface area contributed by atoms with Crippen molar-refractivity contribution in [2.45, 2.75) is 30.7 Å². The van der Waals surface area contributed by atoms with Crippen LogP contribution < -0.4 is 5.32 Å². The molecule has 0 bridgehead atoms. The number of carboxylic acid groups (broad SMARTS) is 1. The lowest BCUT2D eigenvalue weighted by Crippen LogP contribution is -2.42. The first kappa shape index (κ1) is 27.4. The molecule has 2 atom stereocenters. The van der Waals surface area contributed by atoms with Crippen LogP contribution in [0.25, 0.3) is 11.1 Å². The van der Waals surface area contributed by atoms with Crippen LogP contribution in [0.1, 0.15) is 33.7 Å². The average Bonchev–Trinajstić information content (AvgIpc) is 3.26. The molecule has 40 heavy (non-hydrogen) atoms. The van der Waals surface area contributed by atoms with Gasteiger partial charge in [-0.3, -0.25) is 4.57 Å². The SMILES string of the molecule is O=C(N[C@@H](Cc1ccc(CP(=O)(O)Cc2ccccc2)cc1)C(=O)O)OCC1c2ccccc2-c2ccccc21. The van der Waals surface area contributed by atoms with Crippen LogP contribution in [0.4, 0.5) is 4.79 Å². The predicted octanol–water partition coefficient (Wildman–Crippen LogP) is 6.19. The van der Waals surface area contributed by atoms with Crippen molar-refractivity contribution in [3.63, 3.8) is 0 Å². The summed E-state index contributed by atoms with van der Waals surface area (Å²) in [6, 6.07) is 30.8. The van der Waals surface area contributed by atoms with E-state index >= 15 is 0 Å². The highest BCUT2D eigenvalue weighted by atomic mass is 31.2. The summed E-state index contributed by atoms with van der Waals surface area (Å²) in [5.41, 5.74) is 6.51. The second kappa shape index (κ2) is 11.9. The standard InChI is InChI=1S/C32H30NO6P/c34-31(35)30(18-22-14-16-24(17-15-22)21-40(37,38)20-23-8-2-1-3-9-23)33-32(36)39-19-29-27-12-6-4-10-25(27)26-11-5-7-13-28(26)29/h1-17,29-30H,18-21H2,(H,33,36)(H,34,35)(H,37,38)/t30-/m0/s1. The van der Waals surface area contributed by atoms with Gasteiger partial charge in [-0.15, -0.1) is 0 Å². The van der Waals surface area contributed by atoms with Gasteiger partial charge in [0.25, 0.3) is 0 Å². The molecule has 0 spiro atoms. The summed E-state index contributed by atoms with van der Waals surface area (Å²) in [5.74, 6) is -1.31. The summed E-state index contributed by atoms with van der Waals surface area (Å²) in [6.45, 7) is 0.0884. The lowest BCUT2D eigenvalue weighted by molar-refractivity contribution is -0.139. The first-order valence-electron chi connectivity index (χ1n) is 13.1. The van der Waals surface area contributed by atoms with Crippen molar-refractivity contribution in [2.24, 2.45) is 0 Å². The van der Waals surface area contributed by atoms with Crippen molar-refractivity contribution in [1.29, 1.82) is 0 Å². The van der Waals surface area contributed by atoms with Crippen molar-refractivity contribution >= 4 is 19.4 Å². The first-order chi connectivity index (χ1) is 19.3. The van der Waals surface area contributed by atoms with E-state index in [2.05, 4.69) is 5.32 Å². The van der Waals surface area contributed by atoms with Crippen molar-refractivity contribution in [3.05, 3.63) is 131 Å². The molecule has 3 N–H and O–H groups in total. The molecule has 0 saturated carbocycles. The molecule has 5 rings (SSSR count). The molecule has 204 valence electrons. The van der Waals surface area contributed by atoms with E-state index in [0.29, 0.717) is 11.1 Å². The lowest BCUT2D eigenvalue weighted by atomic mass is 9.98. The Morgan fingerprint density at radius 1 is 0.750 bits per heavy atom. The van der Waals surface area contributed by atoms with Crippen LogP contribution in [0.15, 0.2) is 103 Å². The van der Waals surface area contributed by atoms with Gasteiger partial charge >= 0.3 is 12.1 Å². The molecule has 4 aromatic rings. The summed E-state index contributed by atoms with van der Waals surface area (Å²) in [4.78, 5) is 35.0. The monoisotopic (exact) mass is 555 g/mol. The number of ether oxygens (including phenoxy) is 1. The third-order valence-corrected chi connectivity index (χ3v) is 8.82. The van der Waals surface area contributed by atoms with E-state index in [0.717, 1.165) is 27.8 Å². The first-order valence-corrected chi connectivity index (χ1v) is 15.1. The van der Waals surface area contributed by atoms with Crippen LogP contribution in [0.5, 0.6) is 0 Å². The lowest BCUT2D eigenvalue weighted by Gasteiger charge is -2.18. The minimum atomic E-state index is -3.44. The maximum atomic E-state index is 12.7. The van der Waals surface area contributed by atoms with Gasteiger partial charge < -0.3 is 20.1 Å². The number of rotatable bonds is 10. The van der Waals surface area contributed by atoms with Gasteiger partial charge in [0.15, 0.2) is 0 Å². The van der Waals surface area contributed by atoms with E-state index in [9.17, 15) is 24.2 Å². The minimum Gasteiger partial charge on any atom is -0.480 e. The molecule has 0 aromatic heterocycles. The molecule has 0 fully saturated rings. The highest BCUT2D eigenvalue weighted by Crippen LogP contribution is 2.48. The Hall–Kier alpha value is -4.19. The third-order valence-electron chi connectivity index (χ3n) is 7.10. The molecule has 0 aliphatic heterocycles. The Balaban J connectivity index is 1.17. The van der Waals surface area contributed by atoms with E-state index < -0.39 is 25.5 Å². The second-order valence-electron chi connectivity index (χ2n) is 10.0. The van der Waals surface area contributed by atoms with Crippen LogP contribution in [0, 0.1) is 0 Å². The van der Waals surface area contributed by atoms with Crippen LogP contribution in [0.2, 0.25) is 0 Å². The molecule has 7 nitrogen and oxygen atoms in total. The van der Waals surface area contributed by atoms with E-state index in [1.165, 1.54) is 0 Å². The van der Waals surface area contributed by atoms with Gasteiger partial charge in [-0.2, -0.15) is 0 Å². The highest BCUT2D eigenvalue weighted by Gasteiger charge is 2.30. The number of hydrogen-bond acceptors (Lipinski definition) is 4. The van der Waals surface area contributed by atoms with E-state index in [1.54, 1.807) is 24.3 Å². The largest absolute Gasteiger partial charge is 0.480 e. The maximum absolute atomic E-state index is 12.7. The summed E-state index contributed by atoms with van der Waals surface area (Å²) in [6.07, 6.45) is -0.655. The molecular weight excluding hydrogens is 525 g/mol. The van der Waals surface area contributed by atoms with Gasteiger partial charge in [-0.25, -0.2) is 9.59 Å². The molecule has 1 aliphatic carbocycles. The average molecular weight is 556 g/mol. The van der Waals surface area contributed by atoms with Gasteiger partial charge in [-0.1, -0.05) is 103 Å². The van der Waals surface area contributed by atoms with Crippen LogP contribution in [-0.4, -0.2) is 34.7 Å². The van der Waals surface area contributed by atoms with Crippen molar-refractivity contribution < 1.29 is 28.9 Å². The second-order valence-corrected chi connectivity index (χ2v) is 12.4. The molecule has 1 amide bonds. The Labute approximate surface area is 232 Å². The van der Waals surface area contributed by atoms with E-state index in [1.807, 2.05) is 78.9 Å². The van der Waals surface area contributed by atoms with E-state index in [4.69, 9.17) is 4.74 Å². The van der Waals surface area contributed by atoms with Gasteiger partial charge in [0.1, 0.15) is 12.6 Å². The summed E-state index contributed by atoms with van der Waals surface area (Å²) in [7, 11) is -3.44. The normalized spacial score (nSPS) is 14.4. The number of carbonyl (C=O) groups is 2. The molecule has 0 radical (unpaired) electrons. The zero-order valence-electron chi connectivity index (χ0n) is 21.8. The zero-order chi connectivity index (χ0) is 28.1. The Morgan fingerprint density at radius 2 is 1.25 bits per heavy atom. The predicted molar refractivity (Wildman–Crippen MR) is 153 cm³/mol. The van der Waals surface area contributed by atoms with Crippen molar-refractivity contribution in [3.8, 4) is 11.1 Å². The fourth-order valence-electron chi connectivity index (χ4n) is 5.21. The fraction of sp³-hybridized carbons (Fsp3) is 0.188. The molecule has 0 saturated heterocycles. The van der Waals surface area contributed by atoms with Crippen LogP contribution in [-0.2, 0) is 32.8 Å². The molecule has 4 aromatic carbocycles. The Bertz CT molecular complexity index is 1510. The molecule has 1 aliphatic rings. The number of hydrogen-bond donors (Lipinski definition) is 3. The summed E-state index contributed by atoms with van der Waals surface area (Å²) in [5, 5.41) is 12.2. The topological polar surface area (TPSA) is 113 Å². The molecule has 1 unspecified atom stereocenters. The molecule has 0 heterocycles. The van der Waals surface area contributed by atoms with Gasteiger partial charge in [0, 0.05) is 24.7 Å². The third kappa shape index (κ3) is 6.50.